The molecule has 2 rings (SSSR count). The molecule has 2 saturated carbocycles. The molecule has 1 unspecified atom stereocenters. The number of likely N-dealkylation sites (N-methyl/N-ethyl adjacent to an activating group) is 1. The van der Waals surface area contributed by atoms with Gasteiger partial charge >= 0.3 is 5.97 Å². The Balaban J connectivity index is 2.07. The smallest absolute Gasteiger partial charge is 0.325 e. The zero-order valence-electron chi connectivity index (χ0n) is 11.8. The topological polar surface area (TPSA) is 52.6 Å². The van der Waals surface area contributed by atoms with Gasteiger partial charge in [0.2, 0.25) is 0 Å². The monoisotopic (exact) mass is 254 g/mol. The van der Waals surface area contributed by atoms with Crippen LogP contribution in [-0.2, 0) is 4.79 Å². The van der Waals surface area contributed by atoms with Gasteiger partial charge in [-0.05, 0) is 44.6 Å². The fourth-order valence-electron chi connectivity index (χ4n) is 2.91. The predicted molar refractivity (Wildman–Crippen MR) is 71.6 cm³/mol. The molecule has 0 aliphatic heterocycles. The number of rotatable bonds is 8. The van der Waals surface area contributed by atoms with Crippen molar-refractivity contribution in [1.82, 2.24) is 10.2 Å². The van der Waals surface area contributed by atoms with Crippen LogP contribution in [0.5, 0.6) is 0 Å². The van der Waals surface area contributed by atoms with Crippen LogP contribution in [-0.4, -0.2) is 47.7 Å². The van der Waals surface area contributed by atoms with E-state index >= 15 is 0 Å². The van der Waals surface area contributed by atoms with E-state index in [9.17, 15) is 9.90 Å². The molecular weight excluding hydrogens is 228 g/mol. The zero-order valence-corrected chi connectivity index (χ0v) is 11.8. The maximum atomic E-state index is 11.7. The van der Waals surface area contributed by atoms with Crippen LogP contribution >= 0.6 is 0 Å². The predicted octanol–water partition coefficient (Wildman–Crippen LogP) is 1.56. The van der Waals surface area contributed by atoms with Crippen molar-refractivity contribution in [3.8, 4) is 0 Å². The summed E-state index contributed by atoms with van der Waals surface area (Å²) in [7, 11) is 1.80. The second-order valence-electron chi connectivity index (χ2n) is 6.36. The van der Waals surface area contributed by atoms with Crippen LogP contribution < -0.4 is 5.32 Å². The van der Waals surface area contributed by atoms with Gasteiger partial charge in [0.25, 0.3) is 0 Å². The average molecular weight is 254 g/mol. The summed E-state index contributed by atoms with van der Waals surface area (Å²) in [6.07, 6.45) is 4.56. The normalized spacial score (nSPS) is 23.4. The Kier molecular flexibility index (Phi) is 3.97. The number of carboxylic acid groups (broad SMARTS) is 1. The number of hydrogen-bond acceptors (Lipinski definition) is 3. The summed E-state index contributed by atoms with van der Waals surface area (Å²) in [5.74, 6) is 0.225. The molecule has 0 heterocycles. The van der Waals surface area contributed by atoms with E-state index in [1.807, 2.05) is 0 Å². The molecule has 0 aromatic heterocycles. The highest BCUT2D eigenvalue weighted by atomic mass is 16.4. The van der Waals surface area contributed by atoms with Gasteiger partial charge in [-0.15, -0.1) is 0 Å². The molecule has 0 aromatic carbocycles. The van der Waals surface area contributed by atoms with Crippen molar-refractivity contribution < 1.29 is 9.90 Å². The van der Waals surface area contributed by atoms with E-state index in [0.717, 1.165) is 19.4 Å². The van der Waals surface area contributed by atoms with Crippen LogP contribution in [0.2, 0.25) is 0 Å². The molecule has 18 heavy (non-hydrogen) atoms. The minimum Gasteiger partial charge on any atom is -0.480 e. The van der Waals surface area contributed by atoms with E-state index in [-0.39, 0.29) is 0 Å². The number of hydrogen-bond donors (Lipinski definition) is 2. The first-order valence-corrected chi connectivity index (χ1v) is 7.16. The molecule has 0 aromatic rings. The first-order valence-electron chi connectivity index (χ1n) is 7.16. The minimum absolute atomic E-state index is 0.313. The lowest BCUT2D eigenvalue weighted by atomic mass is 9.92. The molecule has 1 atom stereocenters. The van der Waals surface area contributed by atoms with Gasteiger partial charge in [-0.25, -0.2) is 0 Å². The Hall–Kier alpha value is -0.610. The summed E-state index contributed by atoms with van der Waals surface area (Å²) in [5.41, 5.74) is -0.725. The Morgan fingerprint density at radius 1 is 1.39 bits per heavy atom. The van der Waals surface area contributed by atoms with Gasteiger partial charge in [0, 0.05) is 19.1 Å². The molecular formula is C14H26N2O2. The molecule has 4 nitrogen and oxygen atoms in total. The Labute approximate surface area is 110 Å². The van der Waals surface area contributed by atoms with Gasteiger partial charge in [-0.1, -0.05) is 13.8 Å². The molecule has 0 radical (unpaired) electrons. The maximum Gasteiger partial charge on any atom is 0.325 e. The molecule has 2 aliphatic rings. The first-order chi connectivity index (χ1) is 8.49. The Bertz CT molecular complexity index is 311. The van der Waals surface area contributed by atoms with E-state index in [2.05, 4.69) is 24.1 Å². The summed E-state index contributed by atoms with van der Waals surface area (Å²) in [4.78, 5) is 14.1. The van der Waals surface area contributed by atoms with Crippen molar-refractivity contribution in [3.63, 3.8) is 0 Å². The average Bonchev–Trinajstić information content (AvgIpc) is 3.17. The van der Waals surface area contributed by atoms with Gasteiger partial charge in [-0.3, -0.25) is 9.69 Å². The van der Waals surface area contributed by atoms with Crippen LogP contribution in [0, 0.1) is 11.8 Å². The van der Waals surface area contributed by atoms with Crippen molar-refractivity contribution in [3.05, 3.63) is 0 Å². The van der Waals surface area contributed by atoms with Crippen molar-refractivity contribution in [2.24, 2.45) is 11.8 Å². The first kappa shape index (κ1) is 13.8. The summed E-state index contributed by atoms with van der Waals surface area (Å²) < 4.78 is 0. The fourth-order valence-corrected chi connectivity index (χ4v) is 2.91. The van der Waals surface area contributed by atoms with Gasteiger partial charge in [0.15, 0.2) is 0 Å². The van der Waals surface area contributed by atoms with Gasteiger partial charge in [0.1, 0.15) is 5.54 Å². The van der Waals surface area contributed by atoms with Crippen LogP contribution in [0.25, 0.3) is 0 Å². The number of aliphatic carboxylic acids is 1. The van der Waals surface area contributed by atoms with Crippen molar-refractivity contribution >= 4 is 5.97 Å². The number of nitrogens with zero attached hydrogens (tertiary/aromatic N) is 1. The van der Waals surface area contributed by atoms with Gasteiger partial charge in [0.05, 0.1) is 0 Å². The van der Waals surface area contributed by atoms with Crippen LogP contribution in [0.15, 0.2) is 0 Å². The van der Waals surface area contributed by atoms with Gasteiger partial charge < -0.3 is 10.4 Å². The number of nitrogens with one attached hydrogen (secondary N) is 1. The third kappa shape index (κ3) is 2.86. The van der Waals surface area contributed by atoms with Crippen LogP contribution in [0.3, 0.4) is 0 Å². The van der Waals surface area contributed by atoms with Crippen molar-refractivity contribution in [1.29, 1.82) is 0 Å². The lowest BCUT2D eigenvalue weighted by Gasteiger charge is -2.36. The molecule has 0 bridgehead atoms. The number of carbonyl (C=O) groups is 1. The summed E-state index contributed by atoms with van der Waals surface area (Å²) in [6.45, 7) is 6.07. The summed E-state index contributed by atoms with van der Waals surface area (Å²) >= 11 is 0. The number of carboxylic acids is 1. The van der Waals surface area contributed by atoms with Crippen LogP contribution in [0.1, 0.15) is 39.5 Å². The minimum atomic E-state index is -0.725. The van der Waals surface area contributed by atoms with E-state index in [1.165, 1.54) is 12.8 Å². The molecule has 2 aliphatic carbocycles. The highest BCUT2D eigenvalue weighted by molar-refractivity contribution is 5.80. The van der Waals surface area contributed by atoms with E-state index < -0.39 is 11.5 Å². The molecule has 2 N–H and O–H groups in total. The molecule has 4 heteroatoms. The summed E-state index contributed by atoms with van der Waals surface area (Å²) in [6, 6.07) is 0.623. The lowest BCUT2D eigenvalue weighted by Crippen LogP contribution is -2.60. The highest BCUT2D eigenvalue weighted by Crippen LogP contribution is 2.41. The Morgan fingerprint density at radius 3 is 2.33 bits per heavy atom. The second-order valence-corrected chi connectivity index (χ2v) is 6.36. The van der Waals surface area contributed by atoms with Gasteiger partial charge in [-0.2, -0.15) is 0 Å². The second kappa shape index (κ2) is 5.17. The molecule has 0 spiro atoms. The Morgan fingerprint density at radius 2 is 2.00 bits per heavy atom. The fraction of sp³-hybridized carbons (Fsp3) is 0.929. The van der Waals surface area contributed by atoms with Crippen molar-refractivity contribution in [2.75, 3.05) is 20.1 Å². The highest BCUT2D eigenvalue weighted by Gasteiger charge is 2.52. The third-order valence-electron chi connectivity index (χ3n) is 4.22. The standard InChI is InChI=1S/C14H26N2O2/c1-10(2)8-16(12-6-7-12)9-14(15-3,13(17)18)11-4-5-11/h10-12,15H,4-9H2,1-3H3,(H,17,18). The summed E-state index contributed by atoms with van der Waals surface area (Å²) in [5, 5.41) is 12.8. The SMILES string of the molecule is CNC(CN(CC(C)C)C1CC1)(C(=O)O)C1CC1. The lowest BCUT2D eigenvalue weighted by molar-refractivity contribution is -0.146. The quantitative estimate of drug-likeness (QED) is 0.690. The molecule has 0 amide bonds. The maximum absolute atomic E-state index is 11.7. The van der Waals surface area contributed by atoms with E-state index in [4.69, 9.17) is 0 Å². The third-order valence-corrected chi connectivity index (χ3v) is 4.22. The molecule has 104 valence electrons. The van der Waals surface area contributed by atoms with E-state index in [0.29, 0.717) is 24.4 Å². The van der Waals surface area contributed by atoms with Crippen LogP contribution in [0.4, 0.5) is 0 Å². The zero-order chi connectivity index (χ0) is 13.3. The molecule has 0 saturated heterocycles. The van der Waals surface area contributed by atoms with E-state index in [1.54, 1.807) is 7.05 Å². The molecule has 2 fully saturated rings. The van der Waals surface area contributed by atoms with Crippen molar-refractivity contribution in [2.45, 2.75) is 51.1 Å². The largest absolute Gasteiger partial charge is 0.480 e.